The molecule has 6 heteroatoms. The lowest BCUT2D eigenvalue weighted by molar-refractivity contribution is 0.0574. The summed E-state index contributed by atoms with van der Waals surface area (Å²) >= 11 is 0. The lowest BCUT2D eigenvalue weighted by Crippen LogP contribution is -2.41. The molecule has 0 spiro atoms. The minimum Gasteiger partial charge on any atom is -0.395 e. The van der Waals surface area contributed by atoms with Crippen molar-refractivity contribution < 1.29 is 9.53 Å². The van der Waals surface area contributed by atoms with Gasteiger partial charge in [-0.2, -0.15) is 5.10 Å². The van der Waals surface area contributed by atoms with E-state index in [4.69, 9.17) is 10.5 Å². The number of nitrogens with one attached hydrogen (secondary N) is 1. The highest BCUT2D eigenvalue weighted by Crippen LogP contribution is 2.17. The third kappa shape index (κ3) is 2.81. The van der Waals surface area contributed by atoms with Gasteiger partial charge in [-0.3, -0.25) is 9.89 Å². The minimum absolute atomic E-state index is 0.00586. The monoisotopic (exact) mass is 254 g/mol. The molecule has 1 atom stereocenters. The molecule has 0 bridgehead atoms. The third-order valence-electron chi connectivity index (χ3n) is 2.98. The van der Waals surface area contributed by atoms with Crippen LogP contribution in [0.25, 0.3) is 0 Å². The van der Waals surface area contributed by atoms with Gasteiger partial charge in [-0.25, -0.2) is 0 Å². The van der Waals surface area contributed by atoms with E-state index in [1.54, 1.807) is 12.0 Å². The average molecular weight is 254 g/mol. The number of amides is 1. The lowest BCUT2D eigenvalue weighted by Gasteiger charge is -2.26. The molecule has 0 aromatic carbocycles. The Morgan fingerprint density at radius 1 is 1.56 bits per heavy atom. The Bertz CT molecular complexity index is 403. The van der Waals surface area contributed by atoms with E-state index in [2.05, 4.69) is 10.2 Å². The topological polar surface area (TPSA) is 84.2 Å². The lowest BCUT2D eigenvalue weighted by atomic mass is 10.2. The Balaban J connectivity index is 2.92. The van der Waals surface area contributed by atoms with Crippen LogP contribution in [0.3, 0.4) is 0 Å². The van der Waals surface area contributed by atoms with E-state index >= 15 is 0 Å². The van der Waals surface area contributed by atoms with Crippen molar-refractivity contribution in [1.29, 1.82) is 0 Å². The van der Waals surface area contributed by atoms with Crippen molar-refractivity contribution >= 4 is 11.6 Å². The number of carbonyl (C=O) groups excluding carboxylic acids is 1. The molecular formula is C12H22N4O2. The van der Waals surface area contributed by atoms with E-state index in [1.807, 2.05) is 20.8 Å². The maximum Gasteiger partial charge on any atom is 0.276 e. The van der Waals surface area contributed by atoms with E-state index in [0.717, 1.165) is 12.1 Å². The van der Waals surface area contributed by atoms with Crippen LogP contribution in [0, 0.1) is 0 Å². The number of aromatic nitrogens is 2. The summed E-state index contributed by atoms with van der Waals surface area (Å²) in [6, 6.07) is -0.00586. The zero-order valence-electron chi connectivity index (χ0n) is 11.5. The Hall–Kier alpha value is -1.56. The summed E-state index contributed by atoms with van der Waals surface area (Å²) in [7, 11) is 1.62. The van der Waals surface area contributed by atoms with Crippen molar-refractivity contribution in [1.82, 2.24) is 15.1 Å². The number of methoxy groups -OCH3 is 1. The molecule has 102 valence electrons. The maximum absolute atomic E-state index is 12.4. The molecule has 0 fully saturated rings. The largest absolute Gasteiger partial charge is 0.395 e. The molecule has 18 heavy (non-hydrogen) atoms. The third-order valence-corrected chi connectivity index (χ3v) is 2.98. The van der Waals surface area contributed by atoms with Crippen molar-refractivity contribution in [3.63, 3.8) is 0 Å². The quantitative estimate of drug-likeness (QED) is 0.794. The molecule has 3 N–H and O–H groups in total. The summed E-state index contributed by atoms with van der Waals surface area (Å²) in [6.07, 6.45) is 0.728. The highest BCUT2D eigenvalue weighted by atomic mass is 16.5. The number of nitrogen functional groups attached to an aromatic ring is 1. The molecule has 0 aliphatic carbocycles. The van der Waals surface area contributed by atoms with Crippen molar-refractivity contribution in [2.24, 2.45) is 0 Å². The van der Waals surface area contributed by atoms with Gasteiger partial charge in [-0.15, -0.1) is 0 Å². The van der Waals surface area contributed by atoms with Gasteiger partial charge in [-0.05, 0) is 20.3 Å². The van der Waals surface area contributed by atoms with E-state index in [9.17, 15) is 4.79 Å². The number of nitrogens with zero attached hydrogens (tertiary/aromatic N) is 2. The molecule has 0 saturated heterocycles. The molecule has 0 radical (unpaired) electrons. The van der Waals surface area contributed by atoms with Crippen LogP contribution in [0.2, 0.25) is 0 Å². The number of aryl methyl sites for hydroxylation is 1. The predicted molar refractivity (Wildman–Crippen MR) is 70.4 cm³/mol. The van der Waals surface area contributed by atoms with Crippen LogP contribution >= 0.6 is 0 Å². The average Bonchev–Trinajstić information content (AvgIpc) is 2.71. The number of likely N-dealkylation sites (N-methyl/N-ethyl adjacent to an activating group) is 1. The van der Waals surface area contributed by atoms with Crippen LogP contribution in [0.1, 0.15) is 37.0 Å². The zero-order valence-corrected chi connectivity index (χ0v) is 11.5. The Labute approximate surface area is 107 Å². The van der Waals surface area contributed by atoms with E-state index in [0.29, 0.717) is 24.5 Å². The normalized spacial score (nSPS) is 12.4. The summed E-state index contributed by atoms with van der Waals surface area (Å²) in [5.74, 6) is -0.157. The second-order valence-corrected chi connectivity index (χ2v) is 4.21. The predicted octanol–water partition coefficient (Wildman–Crippen LogP) is 1.05. The van der Waals surface area contributed by atoms with Gasteiger partial charge in [0.1, 0.15) is 0 Å². The van der Waals surface area contributed by atoms with Crippen LogP contribution in [-0.2, 0) is 11.2 Å². The summed E-state index contributed by atoms with van der Waals surface area (Å²) in [4.78, 5) is 14.1. The second kappa shape index (κ2) is 6.39. The smallest absolute Gasteiger partial charge is 0.276 e. The number of anilines is 1. The fraction of sp³-hybridized carbons (Fsp3) is 0.667. The van der Waals surface area contributed by atoms with Crippen LogP contribution in [0.5, 0.6) is 0 Å². The molecule has 6 nitrogen and oxygen atoms in total. The van der Waals surface area contributed by atoms with Gasteiger partial charge in [0.25, 0.3) is 5.91 Å². The first-order chi connectivity index (χ1) is 8.56. The molecule has 1 aromatic rings. The highest BCUT2D eigenvalue weighted by molar-refractivity contribution is 5.97. The Kier molecular flexibility index (Phi) is 5.15. The van der Waals surface area contributed by atoms with Crippen molar-refractivity contribution in [3.05, 3.63) is 11.4 Å². The van der Waals surface area contributed by atoms with Gasteiger partial charge in [-0.1, -0.05) is 6.92 Å². The number of aromatic amines is 1. The highest BCUT2D eigenvalue weighted by Gasteiger charge is 2.24. The molecular weight excluding hydrogens is 232 g/mol. The number of hydrogen-bond acceptors (Lipinski definition) is 4. The fourth-order valence-corrected chi connectivity index (χ4v) is 1.94. The second-order valence-electron chi connectivity index (χ2n) is 4.21. The number of nitrogens with two attached hydrogens (primary N) is 1. The number of hydrogen-bond donors (Lipinski definition) is 2. The van der Waals surface area contributed by atoms with E-state index in [-0.39, 0.29) is 11.9 Å². The van der Waals surface area contributed by atoms with Gasteiger partial charge >= 0.3 is 0 Å². The molecule has 1 unspecified atom stereocenters. The van der Waals surface area contributed by atoms with Crippen molar-refractivity contribution in [2.75, 3.05) is 26.0 Å². The molecule has 1 aromatic heterocycles. The number of rotatable bonds is 6. The number of carbonyl (C=O) groups is 1. The zero-order chi connectivity index (χ0) is 13.7. The Morgan fingerprint density at radius 3 is 2.67 bits per heavy atom. The first kappa shape index (κ1) is 14.5. The SMILES string of the molecule is CCc1[nH]nc(C(=O)N(CC)C(C)COC)c1N. The van der Waals surface area contributed by atoms with Gasteiger partial charge < -0.3 is 15.4 Å². The summed E-state index contributed by atoms with van der Waals surface area (Å²) in [5.41, 5.74) is 7.46. The van der Waals surface area contributed by atoms with E-state index in [1.165, 1.54) is 0 Å². The van der Waals surface area contributed by atoms with Crippen molar-refractivity contribution in [2.45, 2.75) is 33.2 Å². The summed E-state index contributed by atoms with van der Waals surface area (Å²) < 4.78 is 5.08. The van der Waals surface area contributed by atoms with Gasteiger partial charge in [0.05, 0.1) is 24.0 Å². The van der Waals surface area contributed by atoms with E-state index < -0.39 is 0 Å². The van der Waals surface area contributed by atoms with Gasteiger partial charge in [0.15, 0.2) is 5.69 Å². The fourth-order valence-electron chi connectivity index (χ4n) is 1.94. The number of ether oxygens (including phenoxy) is 1. The minimum atomic E-state index is -0.157. The van der Waals surface area contributed by atoms with Crippen LogP contribution in [-0.4, -0.2) is 47.3 Å². The van der Waals surface area contributed by atoms with Crippen LogP contribution in [0.4, 0.5) is 5.69 Å². The molecule has 0 aliphatic rings. The van der Waals surface area contributed by atoms with Gasteiger partial charge in [0.2, 0.25) is 0 Å². The summed E-state index contributed by atoms with van der Waals surface area (Å²) in [6.45, 7) is 6.91. The molecule has 0 saturated carbocycles. The molecule has 1 amide bonds. The molecule has 0 aliphatic heterocycles. The maximum atomic E-state index is 12.4. The Morgan fingerprint density at radius 2 is 2.22 bits per heavy atom. The first-order valence-electron chi connectivity index (χ1n) is 6.19. The van der Waals surface area contributed by atoms with Crippen LogP contribution in [0.15, 0.2) is 0 Å². The first-order valence-corrected chi connectivity index (χ1v) is 6.19. The van der Waals surface area contributed by atoms with Crippen molar-refractivity contribution in [3.8, 4) is 0 Å². The van der Waals surface area contributed by atoms with Gasteiger partial charge in [0, 0.05) is 13.7 Å². The summed E-state index contributed by atoms with van der Waals surface area (Å²) in [5, 5.41) is 6.82. The molecule has 1 rings (SSSR count). The van der Waals surface area contributed by atoms with Crippen LogP contribution < -0.4 is 5.73 Å². The standard InChI is InChI=1S/C12H22N4O2/c1-5-9-10(13)11(15-14-9)12(17)16(6-2)8(3)7-18-4/h8H,5-7,13H2,1-4H3,(H,14,15). The number of H-pyrrole nitrogens is 1. The molecule has 1 heterocycles.